The third-order valence-corrected chi connectivity index (χ3v) is 7.62. The first-order valence-corrected chi connectivity index (χ1v) is 13.9. The van der Waals surface area contributed by atoms with E-state index in [9.17, 15) is 24.3 Å². The Balaban J connectivity index is 1.82. The molecule has 0 aromatic carbocycles. The summed E-state index contributed by atoms with van der Waals surface area (Å²) < 4.78 is 9.77. The van der Waals surface area contributed by atoms with Gasteiger partial charge < -0.3 is 25.7 Å². The molecule has 2 atom stereocenters. The number of thioether (sulfide) groups is 1. The molecule has 0 bridgehead atoms. The zero-order chi connectivity index (χ0) is 27.0. The molecule has 2 aliphatic rings. The molecule has 1 aromatic rings. The van der Waals surface area contributed by atoms with E-state index in [4.69, 9.17) is 15.3 Å². The Bertz CT molecular complexity index is 1160. The number of carbonyl (C=O) groups excluding carboxylic acids is 3. The minimum Gasteiger partial charge on any atom is -0.477 e. The van der Waals surface area contributed by atoms with E-state index in [2.05, 4.69) is 19.8 Å². The van der Waals surface area contributed by atoms with Crippen molar-refractivity contribution < 1.29 is 33.9 Å². The normalized spacial score (nSPS) is 20.4. The van der Waals surface area contributed by atoms with Crippen LogP contribution in [0.15, 0.2) is 16.4 Å². The van der Waals surface area contributed by atoms with Gasteiger partial charge in [-0.15, -0.1) is 11.8 Å². The number of β-lactam (4-membered cyclic amide) rings is 1. The molecule has 0 saturated carbocycles. The number of carboxylic acids is 1. The minimum atomic E-state index is -1.57. The van der Waals surface area contributed by atoms with E-state index in [1.165, 1.54) is 30.5 Å². The number of carboxylic acid groups (broad SMARTS) is 1. The fraction of sp³-hybridized carbons (Fsp3) is 0.550. The van der Waals surface area contributed by atoms with Crippen LogP contribution >= 0.6 is 45.9 Å². The third kappa shape index (κ3) is 5.91. The van der Waals surface area contributed by atoms with Gasteiger partial charge in [-0.25, -0.2) is 9.59 Å². The molecule has 2 amide bonds. The van der Waals surface area contributed by atoms with Gasteiger partial charge >= 0.3 is 11.9 Å². The Morgan fingerprint density at radius 3 is 2.50 bits per heavy atom. The molecule has 13 nitrogen and oxygen atoms in total. The van der Waals surface area contributed by atoms with Crippen molar-refractivity contribution in [3.63, 3.8) is 0 Å². The molecule has 1 aromatic heterocycles. The van der Waals surface area contributed by atoms with Crippen LogP contribution in [-0.4, -0.2) is 81.6 Å². The zero-order valence-corrected chi connectivity index (χ0v) is 23.8. The quantitative estimate of drug-likeness (QED) is 0.0913. The first-order chi connectivity index (χ1) is 16.7. The maximum Gasteiger partial charge on any atom is 0.353 e. The number of halogens is 1. The van der Waals surface area contributed by atoms with Crippen molar-refractivity contribution in [2.75, 3.05) is 15.9 Å². The van der Waals surface area contributed by atoms with Gasteiger partial charge in [-0.1, -0.05) is 27.7 Å². The Hall–Kier alpha value is -2.47. The van der Waals surface area contributed by atoms with E-state index in [1.807, 2.05) is 22.6 Å². The second-order valence-corrected chi connectivity index (χ2v) is 11.9. The molecule has 36 heavy (non-hydrogen) atoms. The largest absolute Gasteiger partial charge is 0.477 e. The molecule has 0 radical (unpaired) electrons. The molecule has 0 spiro atoms. The number of nitrogen functional groups attached to an aromatic ring is 1. The van der Waals surface area contributed by atoms with E-state index in [-0.39, 0.29) is 16.7 Å². The van der Waals surface area contributed by atoms with Crippen molar-refractivity contribution >= 4 is 80.5 Å². The molecular weight excluding hydrogens is 627 g/mol. The number of aromatic nitrogens is 2. The fourth-order valence-electron chi connectivity index (χ4n) is 3.11. The summed E-state index contributed by atoms with van der Waals surface area (Å²) in [4.78, 5) is 60.8. The Kier molecular flexibility index (Phi) is 8.19. The van der Waals surface area contributed by atoms with Crippen LogP contribution in [0, 0.1) is 0 Å². The Morgan fingerprint density at radius 2 is 1.97 bits per heavy atom. The van der Waals surface area contributed by atoms with E-state index in [1.54, 1.807) is 20.8 Å². The second-order valence-electron chi connectivity index (χ2n) is 9.25. The molecule has 0 aliphatic carbocycles. The number of anilines is 1. The SMILES string of the molecule is CC(C)(C)OC(=O)C(C)(C)ON=C(C(=O)N[C@@H]1C(=O)N2C(C(=O)O)=C(CI)CS[C@@H]12)c1nsc(N)n1. The van der Waals surface area contributed by atoms with Gasteiger partial charge in [-0.3, -0.25) is 14.5 Å². The number of rotatable bonds is 8. The second kappa shape index (κ2) is 10.5. The number of alkyl halides is 1. The van der Waals surface area contributed by atoms with Crippen LogP contribution < -0.4 is 11.1 Å². The summed E-state index contributed by atoms with van der Waals surface area (Å²) in [5, 5.41) is 15.4. The van der Waals surface area contributed by atoms with Crippen molar-refractivity contribution in [3.05, 3.63) is 17.1 Å². The highest BCUT2D eigenvalue weighted by molar-refractivity contribution is 14.1. The number of amides is 2. The molecular formula is C20H25IN6O7S2. The summed E-state index contributed by atoms with van der Waals surface area (Å²) in [6.07, 6.45) is 0. The maximum absolute atomic E-state index is 13.2. The number of aliphatic carboxylic acids is 1. The third-order valence-electron chi connectivity index (χ3n) is 4.82. The van der Waals surface area contributed by atoms with Crippen molar-refractivity contribution in [2.24, 2.45) is 5.16 Å². The van der Waals surface area contributed by atoms with Gasteiger partial charge in [0, 0.05) is 21.7 Å². The predicted octanol–water partition coefficient (Wildman–Crippen LogP) is 1.13. The number of hydrogen-bond donors (Lipinski definition) is 3. The van der Waals surface area contributed by atoms with Crippen molar-refractivity contribution in [1.29, 1.82) is 0 Å². The average Bonchev–Trinajstić information content (AvgIpc) is 3.20. The summed E-state index contributed by atoms with van der Waals surface area (Å²) >= 11 is 4.21. The monoisotopic (exact) mass is 652 g/mol. The van der Waals surface area contributed by atoms with Crippen LogP contribution in [0.1, 0.15) is 40.4 Å². The molecule has 3 heterocycles. The van der Waals surface area contributed by atoms with Gasteiger partial charge in [0.15, 0.2) is 5.13 Å². The predicted molar refractivity (Wildman–Crippen MR) is 140 cm³/mol. The van der Waals surface area contributed by atoms with E-state index >= 15 is 0 Å². The number of carbonyl (C=O) groups is 4. The summed E-state index contributed by atoms with van der Waals surface area (Å²) in [5.74, 6) is -3.09. The van der Waals surface area contributed by atoms with Crippen molar-refractivity contribution in [1.82, 2.24) is 19.6 Å². The molecule has 0 unspecified atom stereocenters. The van der Waals surface area contributed by atoms with Gasteiger partial charge in [-0.05, 0) is 40.2 Å². The number of esters is 1. The van der Waals surface area contributed by atoms with E-state index < -0.39 is 52.1 Å². The fourth-order valence-corrected chi connectivity index (χ4v) is 5.89. The number of nitrogens with two attached hydrogens (primary N) is 1. The van der Waals surface area contributed by atoms with Crippen LogP contribution in [-0.2, 0) is 28.8 Å². The van der Waals surface area contributed by atoms with Crippen molar-refractivity contribution in [3.8, 4) is 0 Å². The molecule has 1 saturated heterocycles. The first kappa shape index (κ1) is 28.1. The van der Waals surface area contributed by atoms with Gasteiger partial charge in [0.1, 0.15) is 22.7 Å². The summed E-state index contributed by atoms with van der Waals surface area (Å²) in [6, 6.07) is -1.01. The van der Waals surface area contributed by atoms with Crippen LogP contribution in [0.25, 0.3) is 0 Å². The topological polar surface area (TPSA) is 186 Å². The van der Waals surface area contributed by atoms with Gasteiger partial charge in [0.2, 0.25) is 17.1 Å². The van der Waals surface area contributed by atoms with Gasteiger partial charge in [-0.2, -0.15) is 9.36 Å². The highest BCUT2D eigenvalue weighted by atomic mass is 127. The van der Waals surface area contributed by atoms with E-state index in [0.29, 0.717) is 15.8 Å². The number of nitrogens with one attached hydrogen (secondary N) is 1. The summed E-state index contributed by atoms with van der Waals surface area (Å²) in [6.45, 7) is 7.92. The smallest absolute Gasteiger partial charge is 0.353 e. The summed E-state index contributed by atoms with van der Waals surface area (Å²) in [5.41, 5.74) is 3.46. The molecule has 3 rings (SSSR count). The molecule has 1 fully saturated rings. The average molecular weight is 652 g/mol. The lowest BCUT2D eigenvalue weighted by atomic mass is 10.0. The number of nitrogens with zero attached hydrogens (tertiary/aromatic N) is 4. The highest BCUT2D eigenvalue weighted by Crippen LogP contribution is 2.40. The zero-order valence-electron chi connectivity index (χ0n) is 20.0. The van der Waals surface area contributed by atoms with Crippen LogP contribution in [0.5, 0.6) is 0 Å². The minimum absolute atomic E-state index is 0.0612. The first-order valence-electron chi connectivity index (χ1n) is 10.5. The van der Waals surface area contributed by atoms with Crippen LogP contribution in [0.3, 0.4) is 0 Å². The van der Waals surface area contributed by atoms with Crippen LogP contribution in [0.2, 0.25) is 0 Å². The molecule has 4 N–H and O–H groups in total. The number of oxime groups is 1. The standard InChI is InChI=1S/C20H25IN6O7S2/c1-19(2,3)33-17(32)20(4,5)34-25-9(12-24-18(22)36-26-12)13(28)23-10-14(29)27-11(16(30)31)8(6-21)7-35-15(10)27/h10,15H,6-7H2,1-5H3,(H,23,28)(H,30,31)(H2,22,24,26)/t10-,15+/m1/s1. The summed E-state index contributed by atoms with van der Waals surface area (Å²) in [7, 11) is 0. The lowest BCUT2D eigenvalue weighted by Gasteiger charge is -2.49. The van der Waals surface area contributed by atoms with Gasteiger partial charge in [0.25, 0.3) is 11.8 Å². The maximum atomic E-state index is 13.2. The lowest BCUT2D eigenvalue weighted by molar-refractivity contribution is -0.179. The lowest BCUT2D eigenvalue weighted by Crippen LogP contribution is -2.71. The molecule has 16 heteroatoms. The highest BCUT2D eigenvalue weighted by Gasteiger charge is 2.54. The molecule has 2 aliphatic heterocycles. The Morgan fingerprint density at radius 1 is 1.31 bits per heavy atom. The number of ether oxygens (including phenoxy) is 1. The van der Waals surface area contributed by atoms with E-state index in [0.717, 1.165) is 11.5 Å². The molecule has 196 valence electrons. The Labute approximate surface area is 228 Å². The van der Waals surface area contributed by atoms with Gasteiger partial charge in [0.05, 0.1) is 0 Å². The van der Waals surface area contributed by atoms with Crippen molar-refractivity contribution in [2.45, 2.75) is 57.2 Å². The number of hydrogen-bond acceptors (Lipinski definition) is 12. The van der Waals surface area contributed by atoms with Crippen LogP contribution in [0.4, 0.5) is 5.13 Å². The number of fused-ring (bicyclic) bond motifs is 1.